The number of aliphatic hydroxyl groups is 1. The summed E-state index contributed by atoms with van der Waals surface area (Å²) in [6.45, 7) is 1.23. The fraction of sp³-hybridized carbons (Fsp3) is 0.917. The minimum absolute atomic E-state index is 0.0946. The fourth-order valence-corrected chi connectivity index (χ4v) is 3.59. The van der Waals surface area contributed by atoms with Crippen molar-refractivity contribution in [1.82, 2.24) is 0 Å². The monoisotopic (exact) mass is 258 g/mol. The molecule has 1 aliphatic heterocycles. The molecular weight excluding hydrogens is 240 g/mol. The van der Waals surface area contributed by atoms with Crippen LogP contribution in [0.3, 0.4) is 0 Å². The van der Waals surface area contributed by atoms with Crippen LogP contribution in [-0.4, -0.2) is 49.6 Å². The highest BCUT2D eigenvalue weighted by Crippen LogP contribution is 2.52. The highest BCUT2D eigenvalue weighted by molar-refractivity contribution is 5.60. The molecule has 3 fully saturated rings. The molecule has 0 aromatic heterocycles. The lowest BCUT2D eigenvalue weighted by atomic mass is 9.99. The zero-order valence-electron chi connectivity index (χ0n) is 10.3. The molecule has 102 valence electrons. The van der Waals surface area contributed by atoms with E-state index in [1.54, 1.807) is 0 Å². The maximum absolute atomic E-state index is 11.2. The largest absolute Gasteiger partial charge is 0.508 e. The van der Waals surface area contributed by atoms with Gasteiger partial charge < -0.3 is 24.1 Å². The number of hydrogen-bond donors (Lipinski definition) is 1. The van der Waals surface area contributed by atoms with Crippen LogP contribution >= 0.6 is 0 Å². The number of rotatable bonds is 1. The SMILES string of the molecule is COC(=O)O[C@@H]1[C@@H]2CC3(C[C@@H]2C[C@H]1O)OCCO3. The summed E-state index contributed by atoms with van der Waals surface area (Å²) in [5, 5.41) is 9.96. The van der Waals surface area contributed by atoms with Crippen LogP contribution in [0, 0.1) is 11.8 Å². The number of hydrogen-bond acceptors (Lipinski definition) is 6. The van der Waals surface area contributed by atoms with Gasteiger partial charge in [-0.2, -0.15) is 0 Å². The van der Waals surface area contributed by atoms with Crippen molar-refractivity contribution in [3.8, 4) is 0 Å². The van der Waals surface area contributed by atoms with E-state index < -0.39 is 24.2 Å². The Balaban J connectivity index is 1.70. The molecule has 3 aliphatic rings. The van der Waals surface area contributed by atoms with Crippen molar-refractivity contribution in [3.63, 3.8) is 0 Å². The van der Waals surface area contributed by atoms with Gasteiger partial charge in [0.15, 0.2) is 5.79 Å². The maximum atomic E-state index is 11.2. The Hall–Kier alpha value is -0.850. The molecule has 0 aromatic carbocycles. The molecule has 1 heterocycles. The predicted molar refractivity (Wildman–Crippen MR) is 58.8 cm³/mol. The molecule has 1 spiro atoms. The smallest absolute Gasteiger partial charge is 0.438 e. The summed E-state index contributed by atoms with van der Waals surface area (Å²) < 4.78 is 21.0. The Morgan fingerprint density at radius 2 is 2.06 bits per heavy atom. The van der Waals surface area contributed by atoms with Crippen molar-refractivity contribution in [2.24, 2.45) is 11.8 Å². The van der Waals surface area contributed by atoms with E-state index in [1.807, 2.05) is 0 Å². The Bertz CT molecular complexity index is 337. The number of carbonyl (C=O) groups is 1. The minimum Gasteiger partial charge on any atom is -0.438 e. The number of fused-ring (bicyclic) bond motifs is 1. The molecule has 0 unspecified atom stereocenters. The van der Waals surface area contributed by atoms with Crippen molar-refractivity contribution in [2.75, 3.05) is 20.3 Å². The van der Waals surface area contributed by atoms with Crippen molar-refractivity contribution >= 4 is 6.16 Å². The quantitative estimate of drug-likeness (QED) is 0.697. The van der Waals surface area contributed by atoms with E-state index in [0.29, 0.717) is 26.1 Å². The normalized spacial score (nSPS) is 41.0. The number of ether oxygens (including phenoxy) is 4. The number of carbonyl (C=O) groups excluding carboxylic acids is 1. The van der Waals surface area contributed by atoms with Gasteiger partial charge in [0.25, 0.3) is 0 Å². The first-order valence-corrected chi connectivity index (χ1v) is 6.34. The van der Waals surface area contributed by atoms with Crippen molar-refractivity contribution in [3.05, 3.63) is 0 Å². The molecule has 0 radical (unpaired) electrons. The van der Waals surface area contributed by atoms with Gasteiger partial charge in [0, 0.05) is 18.8 Å². The van der Waals surface area contributed by atoms with Gasteiger partial charge in [-0.05, 0) is 12.3 Å². The van der Waals surface area contributed by atoms with Gasteiger partial charge in [0.1, 0.15) is 6.10 Å². The summed E-state index contributed by atoms with van der Waals surface area (Å²) in [6, 6.07) is 0. The molecule has 18 heavy (non-hydrogen) atoms. The van der Waals surface area contributed by atoms with Gasteiger partial charge in [0.05, 0.1) is 26.4 Å². The minimum atomic E-state index is -0.742. The second-order valence-electron chi connectivity index (χ2n) is 5.28. The van der Waals surface area contributed by atoms with Gasteiger partial charge in [-0.1, -0.05) is 0 Å². The van der Waals surface area contributed by atoms with Gasteiger partial charge >= 0.3 is 6.16 Å². The van der Waals surface area contributed by atoms with E-state index in [-0.39, 0.29) is 11.8 Å². The first kappa shape index (κ1) is 12.2. The zero-order valence-corrected chi connectivity index (χ0v) is 10.3. The van der Waals surface area contributed by atoms with Gasteiger partial charge in [-0.15, -0.1) is 0 Å². The average molecular weight is 258 g/mol. The van der Waals surface area contributed by atoms with E-state index in [1.165, 1.54) is 7.11 Å². The molecular formula is C12H18O6. The summed E-state index contributed by atoms with van der Waals surface area (Å²) in [7, 11) is 1.26. The Morgan fingerprint density at radius 1 is 1.33 bits per heavy atom. The molecule has 2 aliphatic carbocycles. The van der Waals surface area contributed by atoms with E-state index in [4.69, 9.17) is 14.2 Å². The van der Waals surface area contributed by atoms with Crippen LogP contribution < -0.4 is 0 Å². The Labute approximate surface area is 105 Å². The van der Waals surface area contributed by atoms with Crippen LogP contribution in [0.25, 0.3) is 0 Å². The molecule has 4 atom stereocenters. The summed E-state index contributed by atoms with van der Waals surface area (Å²) >= 11 is 0. The standard InChI is InChI=1S/C12H18O6/c1-15-11(14)18-10-8-6-12(16-2-3-17-12)5-7(8)4-9(10)13/h7-10,13H,2-6H2,1H3/t7-,8+,9+,10+/m0/s1. The summed E-state index contributed by atoms with van der Waals surface area (Å²) in [4.78, 5) is 11.2. The third-order valence-electron chi connectivity index (χ3n) is 4.28. The lowest BCUT2D eigenvalue weighted by molar-refractivity contribution is -0.160. The van der Waals surface area contributed by atoms with Crippen LogP contribution in [0.5, 0.6) is 0 Å². The molecule has 6 nitrogen and oxygen atoms in total. The fourth-order valence-electron chi connectivity index (χ4n) is 3.59. The first-order chi connectivity index (χ1) is 8.63. The van der Waals surface area contributed by atoms with E-state index in [9.17, 15) is 9.90 Å². The van der Waals surface area contributed by atoms with E-state index in [0.717, 1.165) is 6.42 Å². The lowest BCUT2D eigenvalue weighted by Crippen LogP contribution is -2.35. The molecule has 0 aromatic rings. The topological polar surface area (TPSA) is 74.2 Å². The molecule has 0 bridgehead atoms. The van der Waals surface area contributed by atoms with Crippen LogP contribution in [-0.2, 0) is 18.9 Å². The van der Waals surface area contributed by atoms with Crippen LogP contribution in [0.4, 0.5) is 4.79 Å². The number of aliphatic hydroxyl groups excluding tert-OH is 1. The molecule has 3 rings (SSSR count). The second-order valence-corrected chi connectivity index (χ2v) is 5.28. The average Bonchev–Trinajstić information content (AvgIpc) is 3.00. The molecule has 0 amide bonds. The third-order valence-corrected chi connectivity index (χ3v) is 4.28. The third kappa shape index (κ3) is 1.88. The van der Waals surface area contributed by atoms with Gasteiger partial charge in [-0.25, -0.2) is 4.79 Å². The van der Waals surface area contributed by atoms with Crippen molar-refractivity contribution in [1.29, 1.82) is 0 Å². The van der Waals surface area contributed by atoms with Crippen LogP contribution in [0.2, 0.25) is 0 Å². The Morgan fingerprint density at radius 3 is 2.72 bits per heavy atom. The summed E-state index contributed by atoms with van der Waals surface area (Å²) in [5.74, 6) is -0.127. The van der Waals surface area contributed by atoms with Gasteiger partial charge in [-0.3, -0.25) is 0 Å². The van der Waals surface area contributed by atoms with Crippen molar-refractivity contribution < 1.29 is 28.8 Å². The Kier molecular flexibility index (Phi) is 2.96. The molecule has 2 saturated carbocycles. The first-order valence-electron chi connectivity index (χ1n) is 6.34. The molecule has 6 heteroatoms. The number of methoxy groups -OCH3 is 1. The van der Waals surface area contributed by atoms with Crippen LogP contribution in [0.1, 0.15) is 19.3 Å². The second kappa shape index (κ2) is 4.36. The highest BCUT2D eigenvalue weighted by atomic mass is 16.7. The molecule has 1 saturated heterocycles. The lowest BCUT2D eigenvalue weighted by Gasteiger charge is -2.25. The zero-order chi connectivity index (χ0) is 12.8. The van der Waals surface area contributed by atoms with E-state index in [2.05, 4.69) is 4.74 Å². The van der Waals surface area contributed by atoms with Crippen LogP contribution in [0.15, 0.2) is 0 Å². The van der Waals surface area contributed by atoms with Crippen molar-refractivity contribution in [2.45, 2.75) is 37.3 Å². The van der Waals surface area contributed by atoms with E-state index >= 15 is 0 Å². The highest BCUT2D eigenvalue weighted by Gasteiger charge is 2.58. The van der Waals surface area contributed by atoms with Gasteiger partial charge in [0.2, 0.25) is 0 Å². The maximum Gasteiger partial charge on any atom is 0.508 e. The predicted octanol–water partition coefficient (Wildman–Crippen LogP) is 0.672. The summed E-state index contributed by atoms with van der Waals surface area (Å²) in [5.41, 5.74) is 0. The summed E-state index contributed by atoms with van der Waals surface area (Å²) in [6.07, 6.45) is 0.217. The molecule has 1 N–H and O–H groups in total.